The third-order valence-corrected chi connectivity index (χ3v) is 9.86. The van der Waals surface area contributed by atoms with Gasteiger partial charge in [0.2, 0.25) is 16.3 Å². The predicted octanol–water partition coefficient (Wildman–Crippen LogP) is -5.74. The van der Waals surface area contributed by atoms with Gasteiger partial charge in [0.15, 0.2) is 18.9 Å². The van der Waals surface area contributed by atoms with Crippen molar-refractivity contribution in [2.24, 2.45) is 0 Å². The number of rotatable bonds is 19. The average Bonchev–Trinajstić information content (AvgIpc) is 3.09. The number of aliphatic hydroxyl groups excluding tert-OH is 6. The summed E-state index contributed by atoms with van der Waals surface area (Å²) in [6.45, 7) is 1.01. The number of aliphatic hydroxyl groups is 6. The van der Waals surface area contributed by atoms with Gasteiger partial charge < -0.3 is 73.7 Å². The first kappa shape index (κ1) is 48.8. The van der Waals surface area contributed by atoms with Crippen LogP contribution in [0.1, 0.15) is 58.8 Å². The van der Waals surface area contributed by atoms with Crippen molar-refractivity contribution in [1.29, 1.82) is 0 Å². The third-order valence-electron chi connectivity index (χ3n) is 8.87. The number of nitrogens with one attached hydrogen (secondary N) is 1. The van der Waals surface area contributed by atoms with Crippen LogP contribution in [0.15, 0.2) is 0 Å². The molecule has 0 aromatic heterocycles. The van der Waals surface area contributed by atoms with Gasteiger partial charge in [0.25, 0.3) is 0 Å². The molecule has 3 saturated heterocycles. The van der Waals surface area contributed by atoms with E-state index in [1.54, 1.807) is 0 Å². The molecule has 0 saturated carbocycles. The molecule has 3 aliphatic rings. The van der Waals surface area contributed by atoms with Crippen molar-refractivity contribution in [3.05, 3.63) is 0 Å². The molecule has 20 nitrogen and oxygen atoms in total. The van der Waals surface area contributed by atoms with Crippen LogP contribution in [0.25, 0.3) is 0 Å². The van der Waals surface area contributed by atoms with Crippen molar-refractivity contribution in [3.63, 3.8) is 0 Å². The van der Waals surface area contributed by atoms with Gasteiger partial charge in [-0.25, -0.2) is 8.42 Å². The van der Waals surface area contributed by atoms with Gasteiger partial charge in [-0.3, -0.25) is 13.8 Å². The molecule has 0 aromatic rings. The van der Waals surface area contributed by atoms with E-state index < -0.39 is 121 Å². The van der Waals surface area contributed by atoms with Crippen LogP contribution in [-0.2, 0) is 57.3 Å². The Hall–Kier alpha value is -0.380. The first-order valence-corrected chi connectivity index (χ1v) is 18.7. The van der Waals surface area contributed by atoms with E-state index in [9.17, 15) is 53.2 Å². The van der Waals surface area contributed by atoms with E-state index in [1.165, 1.54) is 21.0 Å². The zero-order chi connectivity index (χ0) is 38.7. The number of hydrogen-bond acceptors (Lipinski definition) is 19. The van der Waals surface area contributed by atoms with Gasteiger partial charge in [0.1, 0.15) is 61.0 Å². The fourth-order valence-corrected chi connectivity index (χ4v) is 7.01. The zero-order valence-electron chi connectivity index (χ0n) is 30.0. The van der Waals surface area contributed by atoms with E-state index in [0.717, 1.165) is 25.7 Å². The summed E-state index contributed by atoms with van der Waals surface area (Å²) in [5.41, 5.74) is 0. The fourth-order valence-electron chi connectivity index (χ4n) is 6.11. The number of amides is 1. The van der Waals surface area contributed by atoms with Gasteiger partial charge in [-0.15, -0.1) is 11.6 Å². The topological polar surface area (TPSA) is 299 Å². The van der Waals surface area contributed by atoms with Crippen LogP contribution >= 0.6 is 11.6 Å². The molecule has 3 fully saturated rings. The SMILES string of the molecule is COC(=O)CCCCCCCCO[C@@H]1O[C@H](CO)[C@@H](O[C@@H]2O[C@H](CO)[C@H](Cl)[C@H](OS(=O)(=O)[O-])[C@H]2O)[C@H](O[C@@H]2O[C@@H](C)[C@@H](O)[C@@H](O)[C@@H]2O)[C@H]1NC(C)=O.[Na+]. The minimum atomic E-state index is -5.44. The third kappa shape index (κ3) is 14.2. The molecule has 0 bridgehead atoms. The van der Waals surface area contributed by atoms with Gasteiger partial charge in [-0.05, 0) is 19.8 Å². The average molecular weight is 820 g/mol. The molecule has 23 heteroatoms. The van der Waals surface area contributed by atoms with Crippen molar-refractivity contribution in [2.45, 2.75) is 150 Å². The maximum absolute atomic E-state index is 12.5. The standard InChI is InChI=1S/C30H52ClNO19S.Na/c1-14-21(37)22(38)23(39)29(46-14)50-27-20(32-15(2)35)28(45-11-9-7-5-4-6-8-10-18(36)44-3)48-17(13-34)25(27)49-30-24(40)26(51-52(41,42)43)19(31)16(12-33)47-30;/h14,16-17,19-30,33-34,37-40H,4-13H2,1-3H3,(H,32,35)(H,41,42,43);/q;+1/p-1/t14-,16+,17+,19-,20+,21+,22+,23-,24+,25+,26-,27+,28+,29-,30-;/m0./s1. The summed E-state index contributed by atoms with van der Waals surface area (Å²) in [5.74, 6) is -0.890. The molecule has 3 aliphatic heterocycles. The molecule has 3 rings (SSSR count). The molecular weight excluding hydrogens is 769 g/mol. The molecule has 15 atom stereocenters. The molecule has 0 unspecified atom stereocenters. The van der Waals surface area contributed by atoms with Gasteiger partial charge in [0.05, 0.1) is 31.8 Å². The fraction of sp³-hybridized carbons (Fsp3) is 0.933. The molecule has 0 radical (unpaired) electrons. The van der Waals surface area contributed by atoms with Crippen molar-refractivity contribution >= 4 is 33.9 Å². The summed E-state index contributed by atoms with van der Waals surface area (Å²) < 4.78 is 78.7. The number of alkyl halides is 1. The van der Waals surface area contributed by atoms with Crippen molar-refractivity contribution in [1.82, 2.24) is 5.32 Å². The Labute approximate surface area is 334 Å². The molecule has 0 aliphatic carbocycles. The van der Waals surface area contributed by atoms with E-state index >= 15 is 0 Å². The Morgan fingerprint density at radius 2 is 1.36 bits per heavy atom. The summed E-state index contributed by atoms with van der Waals surface area (Å²) in [6.07, 6.45) is -16.4. The smallest absolute Gasteiger partial charge is 0.726 e. The van der Waals surface area contributed by atoms with Crippen LogP contribution in [0.4, 0.5) is 0 Å². The Balaban J connectivity index is 0.00000972. The molecule has 1 amide bonds. The number of carbonyl (C=O) groups excluding carboxylic acids is 2. The van der Waals surface area contributed by atoms with Crippen molar-refractivity contribution in [3.8, 4) is 0 Å². The summed E-state index contributed by atoms with van der Waals surface area (Å²) in [5, 5.41) is 63.9. The van der Waals surface area contributed by atoms with Gasteiger partial charge in [0, 0.05) is 20.0 Å². The molecule has 53 heavy (non-hydrogen) atoms. The molecule has 304 valence electrons. The summed E-state index contributed by atoms with van der Waals surface area (Å²) in [4.78, 5) is 23.8. The van der Waals surface area contributed by atoms with Gasteiger partial charge in [-0.2, -0.15) is 0 Å². The number of halogens is 1. The van der Waals surface area contributed by atoms with Crippen LogP contribution in [0.2, 0.25) is 0 Å². The second-order valence-corrected chi connectivity index (χ2v) is 14.3. The van der Waals surface area contributed by atoms with Crippen LogP contribution < -0.4 is 34.9 Å². The van der Waals surface area contributed by atoms with Crippen molar-refractivity contribution in [2.75, 3.05) is 26.9 Å². The van der Waals surface area contributed by atoms with Crippen LogP contribution in [0.5, 0.6) is 0 Å². The maximum atomic E-state index is 12.5. The molecule has 3 heterocycles. The van der Waals surface area contributed by atoms with E-state index in [4.69, 9.17) is 40.0 Å². The van der Waals surface area contributed by atoms with Crippen molar-refractivity contribution < 1.29 is 120 Å². The minimum Gasteiger partial charge on any atom is -0.726 e. The number of esters is 1. The second kappa shape index (κ2) is 23.1. The monoisotopic (exact) mass is 819 g/mol. The number of unbranched alkanes of at least 4 members (excludes halogenated alkanes) is 5. The van der Waals surface area contributed by atoms with Gasteiger partial charge >= 0.3 is 35.5 Å². The number of methoxy groups -OCH3 is 1. The van der Waals surface area contributed by atoms with E-state index in [0.29, 0.717) is 19.3 Å². The Morgan fingerprint density at radius 1 is 0.792 bits per heavy atom. The van der Waals surface area contributed by atoms with E-state index in [-0.39, 0.29) is 42.1 Å². The largest absolute Gasteiger partial charge is 1.00 e. The van der Waals surface area contributed by atoms with Crippen LogP contribution in [-0.4, -0.2) is 174 Å². The quantitative estimate of drug-likeness (QED) is 0.0160. The summed E-state index contributed by atoms with van der Waals surface area (Å²) in [6, 6.07) is -1.32. The first-order chi connectivity index (χ1) is 24.5. The maximum Gasteiger partial charge on any atom is 1.00 e. The normalized spacial score (nSPS) is 37.8. The Bertz CT molecular complexity index is 1230. The van der Waals surface area contributed by atoms with E-state index in [1.807, 2.05) is 0 Å². The zero-order valence-corrected chi connectivity index (χ0v) is 33.6. The first-order valence-electron chi connectivity index (χ1n) is 17.0. The van der Waals surface area contributed by atoms with Gasteiger partial charge in [-0.1, -0.05) is 25.7 Å². The molecule has 0 spiro atoms. The Kier molecular flexibility index (Phi) is 21.3. The number of ether oxygens (including phenoxy) is 7. The van der Waals surface area contributed by atoms with E-state index in [2.05, 4.69) is 14.2 Å². The van der Waals surface area contributed by atoms with Crippen LogP contribution in [0, 0.1) is 0 Å². The number of carbonyl (C=O) groups is 2. The summed E-state index contributed by atoms with van der Waals surface area (Å²) in [7, 11) is -4.11. The molecular formula is C30H51ClNNaO19S. The Morgan fingerprint density at radius 3 is 1.94 bits per heavy atom. The number of hydrogen-bond donors (Lipinski definition) is 7. The van der Waals surface area contributed by atoms with Crippen LogP contribution in [0.3, 0.4) is 0 Å². The minimum absolute atomic E-state index is 0. The summed E-state index contributed by atoms with van der Waals surface area (Å²) >= 11 is 6.16. The second-order valence-electron chi connectivity index (χ2n) is 12.8. The molecule has 0 aromatic carbocycles. The molecule has 7 N–H and O–H groups in total. The predicted molar refractivity (Wildman–Crippen MR) is 172 cm³/mol.